The molecule has 15 heterocycles. The molecule has 628 valence electrons. The van der Waals surface area contributed by atoms with Gasteiger partial charge in [0.25, 0.3) is 0 Å². The number of rotatable bonds is 3. The Morgan fingerprint density at radius 3 is 0.800 bits per heavy atom. The molecule has 135 heavy (non-hydrogen) atoms. The summed E-state index contributed by atoms with van der Waals surface area (Å²) in [6.07, 6.45) is 0. The van der Waals surface area contributed by atoms with Crippen LogP contribution in [0.1, 0.15) is 0 Å². The van der Waals surface area contributed by atoms with E-state index < -0.39 is 0 Å². The predicted octanol–water partition coefficient (Wildman–Crippen LogP) is 26.6. The molecule has 0 spiro atoms. The van der Waals surface area contributed by atoms with Gasteiger partial charge in [0.1, 0.15) is 45.3 Å². The lowest BCUT2D eigenvalue weighted by atomic mass is 9.65. The van der Waals surface area contributed by atoms with E-state index >= 15 is 0 Å². The molecule has 0 fully saturated rings. The number of hydrogen-bond donors (Lipinski definition) is 0. The SMILES string of the molecule is c1ccc2c(c1)B1Oc3cc(-n4c5ccccc5c5ccccc54)ccc3N1c1oc3ccccc3c1-2.c1ccc2c(c1)B1Oc3ccc(-n4c5ccccc5c5ccccc54)cc3N1c1oc3ccccc3c1-2.c1ccc2c(c1)OB1c3ccccc3-c3c(oc4ccc(-n5c6ccccc6c6ccccc65)cc34)N12.c1ccc2c(c1)OB1c3ccccc3-c3c(oc4ccccc34)N12. The third kappa shape index (κ3) is 10.6. The van der Waals surface area contributed by atoms with Gasteiger partial charge in [-0.25, -0.2) is 0 Å². The summed E-state index contributed by atoms with van der Waals surface area (Å²) in [5.74, 6) is 6.86. The number of furan rings is 4. The van der Waals surface area contributed by atoms with Crippen LogP contribution in [0.3, 0.4) is 0 Å². The first-order chi connectivity index (χ1) is 67.0. The number of anilines is 8. The van der Waals surface area contributed by atoms with Gasteiger partial charge in [0.05, 0.1) is 78.1 Å². The molecule has 33 rings (SSSR count). The van der Waals surface area contributed by atoms with E-state index in [0.717, 1.165) is 174 Å². The number of hydrogen-bond acceptors (Lipinski definition) is 12. The molecule has 25 aromatic rings. The maximum absolute atomic E-state index is 6.71. The van der Waals surface area contributed by atoms with Crippen LogP contribution in [0.25, 0.3) is 171 Å². The minimum atomic E-state index is -0.271. The fourth-order valence-electron chi connectivity index (χ4n) is 22.6. The molecule has 0 unspecified atom stereocenters. The molecule has 15 nitrogen and oxygen atoms in total. The Balaban J connectivity index is 0.0000000867. The highest BCUT2D eigenvalue weighted by atomic mass is 16.5. The topological polar surface area (TPSA) is 117 Å². The highest BCUT2D eigenvalue weighted by Gasteiger charge is 2.53. The highest BCUT2D eigenvalue weighted by molar-refractivity contribution is 6.79. The monoisotopic (exact) mass is 1730 g/mol. The van der Waals surface area contributed by atoms with E-state index in [1.54, 1.807) is 0 Å². The molecule has 0 aliphatic carbocycles. The van der Waals surface area contributed by atoms with E-state index in [0.29, 0.717) is 0 Å². The molecule has 8 aliphatic rings. The van der Waals surface area contributed by atoms with Crippen molar-refractivity contribution in [3.05, 3.63) is 419 Å². The molecule has 0 atom stereocenters. The average molecular weight is 1730 g/mol. The largest absolute Gasteiger partial charge is 0.536 e. The summed E-state index contributed by atoms with van der Waals surface area (Å²) in [4.78, 5) is 8.81. The molecule has 0 amide bonds. The quantitative estimate of drug-likeness (QED) is 0.157. The zero-order chi connectivity index (χ0) is 87.9. The second kappa shape index (κ2) is 28.3. The van der Waals surface area contributed by atoms with Gasteiger partial charge in [0, 0.05) is 77.0 Å². The van der Waals surface area contributed by atoms with Crippen LogP contribution < -0.4 is 59.7 Å². The van der Waals surface area contributed by atoms with Gasteiger partial charge in [-0.05, 0) is 171 Å². The Bertz CT molecular complexity index is 9190. The Morgan fingerprint density at radius 1 is 0.170 bits per heavy atom. The van der Waals surface area contributed by atoms with Crippen molar-refractivity contribution >= 4 is 206 Å². The minimum Gasteiger partial charge on any atom is -0.536 e. The van der Waals surface area contributed by atoms with Crippen molar-refractivity contribution in [1.82, 2.24) is 13.7 Å². The molecule has 18 aromatic carbocycles. The Labute approximate surface area is 772 Å². The number of fused-ring (bicyclic) bond motifs is 49. The lowest BCUT2D eigenvalue weighted by Gasteiger charge is -2.27. The van der Waals surface area contributed by atoms with Crippen molar-refractivity contribution in [2.75, 3.05) is 19.2 Å². The van der Waals surface area contributed by atoms with Crippen LogP contribution in [0.15, 0.2) is 436 Å². The summed E-state index contributed by atoms with van der Waals surface area (Å²) >= 11 is 0. The lowest BCUT2D eigenvalue weighted by molar-refractivity contribution is 0.592. The molecule has 7 aromatic heterocycles. The second-order valence-electron chi connectivity index (χ2n) is 35.4. The standard InChI is InChI=1S/3C32H19BN2O2.C20H12BNO2/c1-5-13-25-23(11-1)31-24-12-4-8-16-29(24)36-32(31)35-28-19-20(17-18-30(28)37-33(25)35)34-26-14-6-2-9-21(26)22-10-3-7-15-27(22)34;1-5-13-25-23(11-1)31-24-12-4-8-16-29(24)36-32(31)35-28-18-17-20(19-30(28)37-33(25)35)34-26-14-6-2-9-21(26)22-10-3-7-15-27(22)34;1-4-12-25-23(11-1)31-24-19-20(34-26-13-5-2-9-21(26)22-10-3-6-14-27(22)34)17-18-29(24)36-32(31)35-28-15-7-8-16-30(28)37-33(25)35;1-3-9-15-13(7-1)19-14-8-2-5-11-17(14)23-20(19)22-16-10-4-6-12-18(16)24-21(15)22/h3*1-19H;1-12H. The van der Waals surface area contributed by atoms with E-state index in [-0.39, 0.29) is 28.2 Å². The first kappa shape index (κ1) is 74.0. The smallest absolute Gasteiger partial charge is 0.527 e. The normalized spacial score (nSPS) is 13.6. The summed E-state index contributed by atoms with van der Waals surface area (Å²) in [6, 6.07) is 146. The summed E-state index contributed by atoms with van der Waals surface area (Å²) in [5.41, 5.74) is 31.9. The van der Waals surface area contributed by atoms with E-state index in [9.17, 15) is 0 Å². The molecule has 0 bridgehead atoms. The molecule has 0 radical (unpaired) electrons. The zero-order valence-electron chi connectivity index (χ0n) is 72.0. The number of para-hydroxylation sites is 13. The van der Waals surface area contributed by atoms with Crippen LogP contribution in [0.2, 0.25) is 0 Å². The number of benzene rings is 18. The molecule has 19 heteroatoms. The summed E-state index contributed by atoms with van der Waals surface area (Å²) in [5, 5.41) is 12.0. The third-order valence-corrected chi connectivity index (χ3v) is 28.3. The van der Waals surface area contributed by atoms with Crippen molar-refractivity contribution in [3.63, 3.8) is 0 Å². The van der Waals surface area contributed by atoms with Gasteiger partial charge < -0.3 is 69.2 Å². The van der Waals surface area contributed by atoms with Gasteiger partial charge >= 0.3 is 28.2 Å². The number of aromatic nitrogens is 3. The van der Waals surface area contributed by atoms with Crippen molar-refractivity contribution in [3.8, 4) is 84.6 Å². The average Bonchev–Trinajstić information content (AvgIpc) is 1.56. The lowest BCUT2D eigenvalue weighted by Crippen LogP contribution is -2.50. The van der Waals surface area contributed by atoms with Gasteiger partial charge in [-0.2, -0.15) is 0 Å². The van der Waals surface area contributed by atoms with E-state index in [4.69, 9.17) is 36.3 Å². The maximum atomic E-state index is 6.71. The van der Waals surface area contributed by atoms with Gasteiger partial charge in [-0.1, -0.05) is 285 Å². The zero-order valence-corrected chi connectivity index (χ0v) is 72.0. The first-order valence-corrected chi connectivity index (χ1v) is 45.8. The Kier molecular flexibility index (Phi) is 15.5. The van der Waals surface area contributed by atoms with E-state index in [1.807, 2.05) is 72.8 Å². The fourth-order valence-corrected chi connectivity index (χ4v) is 22.6. The summed E-state index contributed by atoms with van der Waals surface area (Å²) in [6.45, 7) is 0. The second-order valence-corrected chi connectivity index (χ2v) is 35.4. The van der Waals surface area contributed by atoms with Crippen molar-refractivity contribution < 1.29 is 36.3 Å². The van der Waals surface area contributed by atoms with Crippen molar-refractivity contribution in [2.45, 2.75) is 0 Å². The molecule has 0 saturated heterocycles. The Morgan fingerprint density at radius 2 is 0.422 bits per heavy atom. The van der Waals surface area contributed by atoms with E-state index in [1.165, 1.54) is 87.6 Å². The Hall–Kier alpha value is -17.8. The predicted molar refractivity (Wildman–Crippen MR) is 548 cm³/mol. The molecule has 0 N–H and O–H groups in total. The van der Waals surface area contributed by atoms with Gasteiger partial charge in [0.2, 0.25) is 0 Å². The first-order valence-electron chi connectivity index (χ1n) is 45.8. The third-order valence-electron chi connectivity index (χ3n) is 28.3. The van der Waals surface area contributed by atoms with Crippen LogP contribution in [-0.4, -0.2) is 41.9 Å². The van der Waals surface area contributed by atoms with Crippen LogP contribution in [-0.2, 0) is 0 Å². The van der Waals surface area contributed by atoms with Gasteiger partial charge in [-0.3, -0.25) is 0 Å². The van der Waals surface area contributed by atoms with Gasteiger partial charge in [0.15, 0.2) is 23.5 Å². The molecular formula is C116H69B4N7O8. The van der Waals surface area contributed by atoms with Gasteiger partial charge in [-0.15, -0.1) is 0 Å². The van der Waals surface area contributed by atoms with Crippen LogP contribution in [0.5, 0.6) is 23.0 Å². The summed E-state index contributed by atoms with van der Waals surface area (Å²) in [7, 11) is -0.953. The maximum Gasteiger partial charge on any atom is 0.527 e. The molecule has 8 aliphatic heterocycles. The summed E-state index contributed by atoms with van der Waals surface area (Å²) < 4.78 is 58.9. The van der Waals surface area contributed by atoms with Crippen LogP contribution in [0, 0.1) is 0 Å². The minimum absolute atomic E-state index is 0.174. The highest BCUT2D eigenvalue weighted by Crippen LogP contribution is 2.58. The van der Waals surface area contributed by atoms with Crippen LogP contribution in [0.4, 0.5) is 46.3 Å². The van der Waals surface area contributed by atoms with Crippen molar-refractivity contribution in [1.29, 1.82) is 0 Å². The molecule has 0 saturated carbocycles. The van der Waals surface area contributed by atoms with Crippen molar-refractivity contribution in [2.24, 2.45) is 0 Å². The van der Waals surface area contributed by atoms with E-state index in [2.05, 4.69) is 379 Å². The van der Waals surface area contributed by atoms with Crippen LogP contribution >= 0.6 is 0 Å². The number of nitrogens with zero attached hydrogens (tertiary/aromatic N) is 7. The fraction of sp³-hybridized carbons (Fsp3) is 0. The molecular weight excluding hydrogens is 1660 g/mol.